The summed E-state index contributed by atoms with van der Waals surface area (Å²) in [6.45, 7) is 10.6. The van der Waals surface area contributed by atoms with E-state index in [9.17, 15) is 4.79 Å². The van der Waals surface area contributed by atoms with Crippen LogP contribution in [0.3, 0.4) is 0 Å². The summed E-state index contributed by atoms with van der Waals surface area (Å²) in [4.78, 5) is 13.8. The molecule has 1 amide bonds. The molecule has 108 valence electrons. The Morgan fingerprint density at radius 1 is 1.35 bits per heavy atom. The standard InChI is InChI=1S/C16H22N2O2/c1-5-9-18(10-6-2)16(19)12-17-15-8-7-14(20-4)11-13(15)3/h5-8,11,17H,1-2,9-10,12H2,3-4H3. The number of carbonyl (C=O) groups excluding carboxylic acids is 1. The van der Waals surface area contributed by atoms with E-state index in [4.69, 9.17) is 4.74 Å². The zero-order valence-corrected chi connectivity index (χ0v) is 12.2. The summed E-state index contributed by atoms with van der Waals surface area (Å²) in [5.41, 5.74) is 1.97. The van der Waals surface area contributed by atoms with Crippen LogP contribution in [0, 0.1) is 6.92 Å². The summed E-state index contributed by atoms with van der Waals surface area (Å²) in [7, 11) is 1.63. The lowest BCUT2D eigenvalue weighted by Gasteiger charge is -2.20. The number of anilines is 1. The van der Waals surface area contributed by atoms with Gasteiger partial charge in [0.15, 0.2) is 0 Å². The molecule has 0 unspecified atom stereocenters. The third-order valence-electron chi connectivity index (χ3n) is 2.92. The van der Waals surface area contributed by atoms with E-state index in [1.54, 1.807) is 24.2 Å². The van der Waals surface area contributed by atoms with Crippen molar-refractivity contribution in [1.29, 1.82) is 0 Å². The molecule has 0 atom stereocenters. The molecule has 0 radical (unpaired) electrons. The number of benzene rings is 1. The van der Waals surface area contributed by atoms with Gasteiger partial charge in [-0.15, -0.1) is 13.2 Å². The number of nitrogens with zero attached hydrogens (tertiary/aromatic N) is 1. The Morgan fingerprint density at radius 2 is 2.00 bits per heavy atom. The Kier molecular flexibility index (Phi) is 6.37. The molecule has 4 heteroatoms. The minimum Gasteiger partial charge on any atom is -0.497 e. The molecule has 0 spiro atoms. The van der Waals surface area contributed by atoms with Crippen LogP contribution < -0.4 is 10.1 Å². The van der Waals surface area contributed by atoms with Crippen molar-refractivity contribution in [2.45, 2.75) is 6.92 Å². The Morgan fingerprint density at radius 3 is 2.50 bits per heavy atom. The maximum Gasteiger partial charge on any atom is 0.242 e. The van der Waals surface area contributed by atoms with Crippen molar-refractivity contribution < 1.29 is 9.53 Å². The summed E-state index contributed by atoms with van der Waals surface area (Å²) >= 11 is 0. The number of nitrogens with one attached hydrogen (secondary N) is 1. The largest absolute Gasteiger partial charge is 0.497 e. The fraction of sp³-hybridized carbons (Fsp3) is 0.312. The van der Waals surface area contributed by atoms with Gasteiger partial charge in [-0.05, 0) is 30.7 Å². The molecule has 0 aromatic heterocycles. The average molecular weight is 274 g/mol. The molecular weight excluding hydrogens is 252 g/mol. The van der Waals surface area contributed by atoms with Gasteiger partial charge in [-0.2, -0.15) is 0 Å². The zero-order valence-electron chi connectivity index (χ0n) is 12.2. The number of hydrogen-bond acceptors (Lipinski definition) is 3. The van der Waals surface area contributed by atoms with E-state index in [0.29, 0.717) is 13.1 Å². The molecule has 4 nitrogen and oxygen atoms in total. The van der Waals surface area contributed by atoms with E-state index in [1.807, 2.05) is 25.1 Å². The first-order valence-corrected chi connectivity index (χ1v) is 6.50. The van der Waals surface area contributed by atoms with Gasteiger partial charge >= 0.3 is 0 Å². The highest BCUT2D eigenvalue weighted by atomic mass is 16.5. The molecule has 0 bridgehead atoms. The summed E-state index contributed by atoms with van der Waals surface area (Å²) in [5.74, 6) is 0.819. The van der Waals surface area contributed by atoms with Crippen molar-refractivity contribution in [2.75, 3.05) is 32.1 Å². The van der Waals surface area contributed by atoms with Crippen LogP contribution in [0.25, 0.3) is 0 Å². The second kappa shape index (κ2) is 8.04. The van der Waals surface area contributed by atoms with E-state index >= 15 is 0 Å². The molecule has 1 aromatic rings. The quantitative estimate of drug-likeness (QED) is 0.741. The highest BCUT2D eigenvalue weighted by molar-refractivity contribution is 5.81. The van der Waals surface area contributed by atoms with Gasteiger partial charge in [-0.3, -0.25) is 4.79 Å². The van der Waals surface area contributed by atoms with Crippen molar-refractivity contribution in [3.63, 3.8) is 0 Å². The summed E-state index contributed by atoms with van der Waals surface area (Å²) in [6.07, 6.45) is 3.42. The average Bonchev–Trinajstić information content (AvgIpc) is 2.45. The topological polar surface area (TPSA) is 41.6 Å². The van der Waals surface area contributed by atoms with Gasteiger partial charge in [0.05, 0.1) is 13.7 Å². The number of amides is 1. The van der Waals surface area contributed by atoms with Crippen LogP contribution in [0.5, 0.6) is 5.75 Å². The van der Waals surface area contributed by atoms with Crippen molar-refractivity contribution in [1.82, 2.24) is 4.90 Å². The summed E-state index contributed by atoms with van der Waals surface area (Å²) in [5, 5.41) is 3.15. The molecule has 0 aliphatic heterocycles. The van der Waals surface area contributed by atoms with Gasteiger partial charge in [0.1, 0.15) is 5.75 Å². The first kappa shape index (κ1) is 15.8. The minimum atomic E-state index is 0.0139. The number of methoxy groups -OCH3 is 1. The monoisotopic (exact) mass is 274 g/mol. The molecule has 1 rings (SSSR count). The Balaban J connectivity index is 2.63. The third kappa shape index (κ3) is 4.46. The second-order valence-electron chi connectivity index (χ2n) is 4.41. The van der Waals surface area contributed by atoms with Gasteiger partial charge in [0, 0.05) is 18.8 Å². The van der Waals surface area contributed by atoms with E-state index in [-0.39, 0.29) is 12.5 Å². The Bertz CT molecular complexity index is 473. The van der Waals surface area contributed by atoms with Crippen LogP contribution >= 0.6 is 0 Å². The molecule has 1 N–H and O–H groups in total. The summed E-state index contributed by atoms with van der Waals surface area (Å²) in [6, 6.07) is 5.70. The van der Waals surface area contributed by atoms with Gasteiger partial charge in [-0.1, -0.05) is 12.2 Å². The van der Waals surface area contributed by atoms with Gasteiger partial charge < -0.3 is 15.0 Å². The van der Waals surface area contributed by atoms with Crippen LogP contribution in [0.1, 0.15) is 5.56 Å². The van der Waals surface area contributed by atoms with Crippen LogP contribution in [0.15, 0.2) is 43.5 Å². The van der Waals surface area contributed by atoms with Crippen molar-refractivity contribution in [2.24, 2.45) is 0 Å². The van der Waals surface area contributed by atoms with E-state index in [0.717, 1.165) is 17.0 Å². The van der Waals surface area contributed by atoms with Crippen LogP contribution in [-0.4, -0.2) is 37.6 Å². The molecular formula is C16H22N2O2. The molecule has 0 saturated heterocycles. The van der Waals surface area contributed by atoms with Crippen molar-refractivity contribution >= 4 is 11.6 Å². The number of ether oxygens (including phenoxy) is 1. The lowest BCUT2D eigenvalue weighted by Crippen LogP contribution is -2.35. The van der Waals surface area contributed by atoms with Crippen molar-refractivity contribution in [3.05, 3.63) is 49.1 Å². The predicted molar refractivity (Wildman–Crippen MR) is 83.2 cm³/mol. The van der Waals surface area contributed by atoms with Gasteiger partial charge in [0.2, 0.25) is 5.91 Å². The maximum atomic E-state index is 12.1. The van der Waals surface area contributed by atoms with Crippen LogP contribution in [-0.2, 0) is 4.79 Å². The van der Waals surface area contributed by atoms with Gasteiger partial charge in [-0.25, -0.2) is 0 Å². The molecule has 0 saturated carbocycles. The lowest BCUT2D eigenvalue weighted by molar-refractivity contribution is -0.128. The molecule has 0 aliphatic rings. The number of hydrogen-bond donors (Lipinski definition) is 1. The van der Waals surface area contributed by atoms with Crippen molar-refractivity contribution in [3.8, 4) is 5.75 Å². The number of aryl methyl sites for hydroxylation is 1. The SMILES string of the molecule is C=CCN(CC=C)C(=O)CNc1ccc(OC)cc1C. The third-order valence-corrected chi connectivity index (χ3v) is 2.92. The second-order valence-corrected chi connectivity index (χ2v) is 4.41. The normalized spacial score (nSPS) is 9.70. The van der Waals surface area contributed by atoms with Crippen LogP contribution in [0.2, 0.25) is 0 Å². The first-order chi connectivity index (χ1) is 9.62. The van der Waals surface area contributed by atoms with E-state index in [2.05, 4.69) is 18.5 Å². The van der Waals surface area contributed by atoms with E-state index in [1.165, 1.54) is 0 Å². The fourth-order valence-corrected chi connectivity index (χ4v) is 1.83. The molecule has 0 fully saturated rings. The number of rotatable bonds is 8. The highest BCUT2D eigenvalue weighted by Gasteiger charge is 2.10. The highest BCUT2D eigenvalue weighted by Crippen LogP contribution is 2.20. The fourth-order valence-electron chi connectivity index (χ4n) is 1.83. The number of carbonyl (C=O) groups is 1. The van der Waals surface area contributed by atoms with Gasteiger partial charge in [0.25, 0.3) is 0 Å². The van der Waals surface area contributed by atoms with E-state index < -0.39 is 0 Å². The lowest BCUT2D eigenvalue weighted by atomic mass is 10.2. The first-order valence-electron chi connectivity index (χ1n) is 6.50. The molecule has 1 aromatic carbocycles. The Hall–Kier alpha value is -2.23. The molecule has 20 heavy (non-hydrogen) atoms. The van der Waals surface area contributed by atoms with Crippen LogP contribution in [0.4, 0.5) is 5.69 Å². The predicted octanol–water partition coefficient (Wildman–Crippen LogP) is 2.62. The molecule has 0 aliphatic carbocycles. The maximum absolute atomic E-state index is 12.1. The zero-order chi connectivity index (χ0) is 15.0. The summed E-state index contributed by atoms with van der Waals surface area (Å²) < 4.78 is 5.15. The molecule has 0 heterocycles. The Labute approximate surface area is 120 Å². The minimum absolute atomic E-state index is 0.0139. The smallest absolute Gasteiger partial charge is 0.242 e.